The highest BCUT2D eigenvalue weighted by molar-refractivity contribution is 7.20. The van der Waals surface area contributed by atoms with Crippen LogP contribution in [-0.2, 0) is 0 Å². The zero-order valence-corrected chi connectivity index (χ0v) is 30.9. The summed E-state index contributed by atoms with van der Waals surface area (Å²) in [5, 5.41) is 0. The van der Waals surface area contributed by atoms with Crippen molar-refractivity contribution >= 4 is 28.0 Å². The van der Waals surface area contributed by atoms with Crippen LogP contribution in [0, 0.1) is 93.1 Å². The van der Waals surface area contributed by atoms with Crippen molar-refractivity contribution in [3.63, 3.8) is 0 Å². The van der Waals surface area contributed by atoms with Gasteiger partial charge >= 0.3 is 0 Å². The Balaban J connectivity index is 0.000000727. The summed E-state index contributed by atoms with van der Waals surface area (Å²) >= 11 is 0. The smallest absolute Gasteiger partial charge is 0.206 e. The highest BCUT2D eigenvalue weighted by Gasteiger charge is 2.52. The molecule has 58 heavy (non-hydrogen) atoms. The first-order valence-corrected chi connectivity index (χ1v) is 16.7. The van der Waals surface area contributed by atoms with Crippen molar-refractivity contribution in [3.8, 4) is 23.0 Å². The first-order valence-electron chi connectivity index (χ1n) is 16.7. The maximum absolute atomic E-state index is 16.3. The van der Waals surface area contributed by atoms with Crippen molar-refractivity contribution in [2.75, 3.05) is 42.5 Å². The summed E-state index contributed by atoms with van der Waals surface area (Å²) in [6, 6.07) is 0.971. The molecular formula is C36H30BF16NO4. The summed E-state index contributed by atoms with van der Waals surface area (Å²) in [4.78, 5) is 1.65. The first-order chi connectivity index (χ1) is 27.2. The molecule has 22 heteroatoms. The van der Waals surface area contributed by atoms with Crippen LogP contribution in [0.3, 0.4) is 0 Å². The molecule has 1 aliphatic carbocycles. The monoisotopic (exact) mass is 855 g/mol. The van der Waals surface area contributed by atoms with Crippen LogP contribution in [0.4, 0.5) is 70.2 Å². The van der Waals surface area contributed by atoms with E-state index in [1.165, 1.54) is 32.1 Å². The summed E-state index contributed by atoms with van der Waals surface area (Å²) in [6.45, 7) is 0. The molecule has 318 valence electrons. The topological polar surface area (TPSA) is 41.4 Å². The molecule has 0 unspecified atom stereocenters. The largest absolute Gasteiger partial charge is 0.491 e. The van der Waals surface area contributed by atoms with Crippen molar-refractivity contribution in [1.29, 1.82) is 0 Å². The Hall–Kier alpha value is -5.02. The van der Waals surface area contributed by atoms with Crippen LogP contribution in [0.2, 0.25) is 0 Å². The van der Waals surface area contributed by atoms with E-state index in [9.17, 15) is 17.6 Å². The van der Waals surface area contributed by atoms with Crippen LogP contribution in [0.15, 0.2) is 0 Å². The molecular weight excluding hydrogens is 825 g/mol. The molecule has 1 aliphatic rings. The third-order valence-corrected chi connectivity index (χ3v) is 10.00. The maximum Gasteiger partial charge on any atom is 0.206 e. The zero-order valence-electron chi connectivity index (χ0n) is 30.9. The number of methoxy groups -OCH3 is 4. The van der Waals surface area contributed by atoms with Crippen LogP contribution in [-0.4, -0.2) is 54.7 Å². The van der Waals surface area contributed by atoms with Gasteiger partial charge in [0.1, 0.15) is 52.7 Å². The van der Waals surface area contributed by atoms with Gasteiger partial charge in [-0.3, -0.25) is 0 Å². The fourth-order valence-electron chi connectivity index (χ4n) is 7.30. The zero-order chi connectivity index (χ0) is 43.9. The molecule has 0 bridgehead atoms. The van der Waals surface area contributed by atoms with Crippen LogP contribution in [0.1, 0.15) is 32.1 Å². The van der Waals surface area contributed by atoms with Crippen molar-refractivity contribution in [1.82, 2.24) is 0 Å². The predicted octanol–water partition coefficient (Wildman–Crippen LogP) is 5.79. The Morgan fingerprint density at radius 3 is 0.741 bits per heavy atom. The van der Waals surface area contributed by atoms with Gasteiger partial charge in [-0.2, -0.15) is 17.6 Å². The molecule has 0 aliphatic heterocycles. The van der Waals surface area contributed by atoms with Gasteiger partial charge in [-0.05, 0) is 25.7 Å². The van der Waals surface area contributed by atoms with Gasteiger partial charge in [0.25, 0.3) is 0 Å². The van der Waals surface area contributed by atoms with E-state index in [-0.39, 0.29) is 28.4 Å². The van der Waals surface area contributed by atoms with E-state index in [1.54, 1.807) is 4.90 Å². The summed E-state index contributed by atoms with van der Waals surface area (Å²) in [7, 11) is 5.61. The van der Waals surface area contributed by atoms with Crippen molar-refractivity contribution in [3.05, 3.63) is 93.1 Å². The Bertz CT molecular complexity index is 1960. The molecule has 0 amide bonds. The second kappa shape index (κ2) is 17.5. The number of nitrogens with one attached hydrogen (secondary N) is 1. The van der Waals surface area contributed by atoms with E-state index in [0.29, 0.717) is 0 Å². The van der Waals surface area contributed by atoms with Gasteiger partial charge < -0.3 is 23.8 Å². The summed E-state index contributed by atoms with van der Waals surface area (Å²) in [5.41, 5.74) is -11.8. The molecule has 5 rings (SSSR count). The maximum atomic E-state index is 16.3. The Kier molecular flexibility index (Phi) is 13.7. The minimum absolute atomic E-state index is 0.266. The lowest BCUT2D eigenvalue weighted by Gasteiger charge is -2.45. The lowest BCUT2D eigenvalue weighted by molar-refractivity contribution is -0.887. The van der Waals surface area contributed by atoms with E-state index < -0.39 is 144 Å². The molecule has 0 atom stereocenters. The highest BCUT2D eigenvalue weighted by Crippen LogP contribution is 2.36. The number of benzene rings is 4. The molecule has 5 nitrogen and oxygen atoms in total. The van der Waals surface area contributed by atoms with Crippen LogP contribution in [0.5, 0.6) is 23.0 Å². The highest BCUT2D eigenvalue weighted by atomic mass is 19.2. The minimum atomic E-state index is -6.61. The molecule has 0 heterocycles. The Labute approximate surface area is 319 Å². The molecule has 0 saturated heterocycles. The van der Waals surface area contributed by atoms with Gasteiger partial charge in [-0.25, -0.2) is 52.7 Å². The molecule has 1 fully saturated rings. The number of hydrogen-bond acceptors (Lipinski definition) is 4. The second-order valence-electron chi connectivity index (χ2n) is 13.1. The standard InChI is InChI=1S/C28H12BF16O4.C8H17N/c1-46-25-13(34)5(9(30)17(38)21(25)42)29(6-10(31)18(39)22(43)26(47-2)14(6)35,7-11(32)19(40)23(44)27(48-3)15(7)36)8-12(33)20(41)24(45)28(49-4)16(8)37;1-9(2)8-6-4-3-5-7-8/h1-4H3;8H,3-7H2,1-2H3/q-1;/p+1. The second-order valence-corrected chi connectivity index (χ2v) is 13.1. The van der Waals surface area contributed by atoms with E-state index in [2.05, 4.69) is 33.0 Å². The van der Waals surface area contributed by atoms with E-state index in [0.717, 1.165) is 6.04 Å². The molecule has 4 aromatic carbocycles. The SMILES string of the molecule is COc1c(F)c(F)c(F)c([B-](c2c(F)c(F)c(F)c(OC)c2F)(c2c(F)c(F)c(F)c(OC)c2F)c2c(F)c(F)c(F)c(OC)c2F)c1F.C[NH+](C)C1CCCCC1. The number of rotatable bonds is 9. The van der Waals surface area contributed by atoms with Crippen LogP contribution < -0.4 is 45.7 Å². The van der Waals surface area contributed by atoms with E-state index >= 15 is 52.7 Å². The fraction of sp³-hybridized carbons (Fsp3) is 0.333. The molecule has 0 spiro atoms. The third kappa shape index (κ3) is 6.99. The van der Waals surface area contributed by atoms with E-state index in [4.69, 9.17) is 0 Å². The van der Waals surface area contributed by atoms with E-state index in [1.807, 2.05) is 0 Å². The Morgan fingerprint density at radius 2 is 0.569 bits per heavy atom. The molecule has 1 N–H and O–H groups in total. The molecule has 0 aromatic heterocycles. The lowest BCUT2D eigenvalue weighted by atomic mass is 9.12. The average molecular weight is 855 g/mol. The van der Waals surface area contributed by atoms with Gasteiger partial charge in [0.15, 0.2) is 46.3 Å². The fourth-order valence-corrected chi connectivity index (χ4v) is 7.30. The number of hydrogen-bond donors (Lipinski definition) is 1. The number of ether oxygens (including phenoxy) is 4. The number of quaternary nitrogens is 1. The van der Waals surface area contributed by atoms with Gasteiger partial charge in [0, 0.05) is 0 Å². The first kappa shape index (κ1) is 45.7. The normalized spacial score (nSPS) is 13.4. The molecule has 0 radical (unpaired) electrons. The lowest BCUT2D eigenvalue weighted by Crippen LogP contribution is -3.10. The summed E-state index contributed by atoms with van der Waals surface area (Å²) in [6.07, 6.45) is 0.725. The van der Waals surface area contributed by atoms with Crippen molar-refractivity contribution in [2.45, 2.75) is 38.1 Å². The van der Waals surface area contributed by atoms with Gasteiger partial charge in [-0.15, -0.1) is 21.9 Å². The van der Waals surface area contributed by atoms with Gasteiger partial charge in [-0.1, -0.05) is 6.42 Å². The quantitative estimate of drug-likeness (QED) is 0.100. The summed E-state index contributed by atoms with van der Waals surface area (Å²) < 4.78 is 266. The van der Waals surface area contributed by atoms with Crippen molar-refractivity contribution < 1.29 is 94.1 Å². The average Bonchev–Trinajstić information content (AvgIpc) is 3.19. The van der Waals surface area contributed by atoms with Crippen molar-refractivity contribution in [2.24, 2.45) is 0 Å². The van der Waals surface area contributed by atoms with Crippen LogP contribution >= 0.6 is 0 Å². The minimum Gasteiger partial charge on any atom is -0.491 e. The van der Waals surface area contributed by atoms with Gasteiger partial charge in [0.05, 0.1) is 48.6 Å². The summed E-state index contributed by atoms with van der Waals surface area (Å²) in [5.74, 6) is -57.2. The van der Waals surface area contributed by atoms with Gasteiger partial charge in [0.2, 0.25) is 23.3 Å². The number of halogens is 16. The van der Waals surface area contributed by atoms with Crippen LogP contribution in [0.25, 0.3) is 0 Å². The molecule has 4 aromatic rings. The predicted molar refractivity (Wildman–Crippen MR) is 175 cm³/mol. The third-order valence-electron chi connectivity index (χ3n) is 10.00. The Morgan fingerprint density at radius 1 is 0.345 bits per heavy atom. The molecule has 1 saturated carbocycles.